The molecule has 1 fully saturated rings. The number of halogens is 2. The zero-order chi connectivity index (χ0) is 25.2. The lowest BCUT2D eigenvalue weighted by Gasteiger charge is -2.12. The lowest BCUT2D eigenvalue weighted by molar-refractivity contribution is -0.127. The highest BCUT2D eigenvalue weighted by Gasteiger charge is 2.36. The molecule has 0 aliphatic carbocycles. The number of hydrogen-bond acceptors (Lipinski definition) is 4. The number of carbonyl (C=O) groups excluding carboxylic acids is 3. The number of nitrogens with zero attached hydrogens (tertiary/aromatic N) is 2. The van der Waals surface area contributed by atoms with Crippen LogP contribution in [0.5, 0.6) is 0 Å². The van der Waals surface area contributed by atoms with Crippen molar-refractivity contribution in [1.82, 2.24) is 9.47 Å². The van der Waals surface area contributed by atoms with Crippen molar-refractivity contribution in [1.29, 1.82) is 0 Å². The van der Waals surface area contributed by atoms with Gasteiger partial charge >= 0.3 is 0 Å². The fraction of sp³-hybridized carbons (Fsp3) is 0.0741. The standard InChI is InChI=1S/C27H19F2N3O3S/c28-20-5-7-22(8-6-20)30-25(33)16-32-26(34)24(36-27(32)35)14-17-4-9-23-19(12-17)10-11-31(23)15-18-2-1-3-21(29)13-18/h1-14H,15-16H2,(H,30,33)/b24-14+. The fourth-order valence-electron chi connectivity index (χ4n) is 3.94. The van der Waals surface area contributed by atoms with Crippen molar-refractivity contribution in [2.45, 2.75) is 6.54 Å². The summed E-state index contributed by atoms with van der Waals surface area (Å²) >= 11 is 0.769. The molecule has 9 heteroatoms. The third-order valence-electron chi connectivity index (χ3n) is 5.64. The normalized spacial score (nSPS) is 14.7. The van der Waals surface area contributed by atoms with Crippen LogP contribution in [0.25, 0.3) is 17.0 Å². The van der Waals surface area contributed by atoms with Gasteiger partial charge in [0.05, 0.1) is 4.91 Å². The number of thioether (sulfide) groups is 1. The zero-order valence-electron chi connectivity index (χ0n) is 18.8. The summed E-state index contributed by atoms with van der Waals surface area (Å²) in [7, 11) is 0. The van der Waals surface area contributed by atoms with Gasteiger partial charge in [0.15, 0.2) is 0 Å². The van der Waals surface area contributed by atoms with Crippen molar-refractivity contribution in [2.75, 3.05) is 11.9 Å². The van der Waals surface area contributed by atoms with Crippen LogP contribution in [0.4, 0.5) is 19.3 Å². The third kappa shape index (κ3) is 5.06. The summed E-state index contributed by atoms with van der Waals surface area (Å²) in [5.74, 6) is -1.84. The van der Waals surface area contributed by atoms with Gasteiger partial charge in [0.2, 0.25) is 5.91 Å². The summed E-state index contributed by atoms with van der Waals surface area (Å²) in [6.45, 7) is 0.0703. The van der Waals surface area contributed by atoms with E-state index in [1.807, 2.05) is 41.1 Å². The first-order valence-corrected chi connectivity index (χ1v) is 11.8. The first kappa shape index (κ1) is 23.5. The maximum Gasteiger partial charge on any atom is 0.294 e. The van der Waals surface area contributed by atoms with Crippen molar-refractivity contribution in [3.63, 3.8) is 0 Å². The van der Waals surface area contributed by atoms with Crippen molar-refractivity contribution in [3.8, 4) is 0 Å². The van der Waals surface area contributed by atoms with Crippen LogP contribution in [0.15, 0.2) is 83.9 Å². The van der Waals surface area contributed by atoms with E-state index in [9.17, 15) is 23.2 Å². The Morgan fingerprint density at radius 3 is 2.53 bits per heavy atom. The van der Waals surface area contributed by atoms with Gasteiger partial charge in [-0.1, -0.05) is 18.2 Å². The molecule has 6 nitrogen and oxygen atoms in total. The molecular formula is C27H19F2N3O3S. The van der Waals surface area contributed by atoms with Crippen LogP contribution in [0.2, 0.25) is 0 Å². The number of nitrogens with one attached hydrogen (secondary N) is 1. The molecule has 3 aromatic carbocycles. The minimum Gasteiger partial charge on any atom is -0.343 e. The van der Waals surface area contributed by atoms with Crippen molar-refractivity contribution in [2.24, 2.45) is 0 Å². The predicted octanol–water partition coefficient (Wildman–Crippen LogP) is 5.64. The fourth-order valence-corrected chi connectivity index (χ4v) is 4.78. The van der Waals surface area contributed by atoms with Crippen LogP contribution in [0.1, 0.15) is 11.1 Å². The first-order chi connectivity index (χ1) is 17.4. The summed E-state index contributed by atoms with van der Waals surface area (Å²) in [5, 5.41) is 2.93. The molecule has 1 N–H and O–H groups in total. The second kappa shape index (κ2) is 9.79. The average Bonchev–Trinajstić information content (AvgIpc) is 3.36. The number of benzene rings is 3. The first-order valence-electron chi connectivity index (χ1n) is 11.0. The van der Waals surface area contributed by atoms with Gasteiger partial charge in [-0.3, -0.25) is 19.3 Å². The number of carbonyl (C=O) groups is 3. The number of rotatable bonds is 6. The smallest absolute Gasteiger partial charge is 0.294 e. The van der Waals surface area contributed by atoms with Crippen molar-refractivity contribution in [3.05, 3.63) is 107 Å². The third-order valence-corrected chi connectivity index (χ3v) is 6.55. The van der Waals surface area contributed by atoms with Crippen molar-refractivity contribution < 1.29 is 23.2 Å². The Balaban J connectivity index is 1.29. The van der Waals surface area contributed by atoms with Crippen LogP contribution in [-0.4, -0.2) is 33.1 Å². The molecule has 1 aromatic heterocycles. The minimum atomic E-state index is -0.564. The Morgan fingerprint density at radius 1 is 0.944 bits per heavy atom. The highest BCUT2D eigenvalue weighted by atomic mass is 32.2. The molecule has 0 unspecified atom stereocenters. The molecule has 0 radical (unpaired) electrons. The minimum absolute atomic E-state index is 0.216. The van der Waals surface area contributed by atoms with E-state index in [4.69, 9.17) is 0 Å². The van der Waals surface area contributed by atoms with Gasteiger partial charge in [-0.05, 0) is 83.6 Å². The number of anilines is 1. The van der Waals surface area contributed by atoms with E-state index in [1.54, 1.807) is 12.1 Å². The number of hydrogen-bond donors (Lipinski definition) is 1. The molecular weight excluding hydrogens is 484 g/mol. The molecule has 180 valence electrons. The Bertz CT molecular complexity index is 1530. The van der Waals surface area contributed by atoms with Gasteiger partial charge in [-0.15, -0.1) is 0 Å². The molecule has 0 atom stereocenters. The summed E-state index contributed by atoms with van der Waals surface area (Å²) in [6, 6.07) is 19.2. The average molecular weight is 504 g/mol. The SMILES string of the molecule is O=C(CN1C(=O)S/C(=C/c2ccc3c(ccn3Cc3cccc(F)c3)c2)C1=O)Nc1ccc(F)cc1. The number of fused-ring (bicyclic) bond motifs is 1. The van der Waals surface area contributed by atoms with E-state index in [-0.39, 0.29) is 10.7 Å². The van der Waals surface area contributed by atoms with Crippen LogP contribution < -0.4 is 5.32 Å². The molecule has 1 aliphatic rings. The summed E-state index contributed by atoms with van der Waals surface area (Å²) < 4.78 is 28.6. The van der Waals surface area contributed by atoms with Gasteiger partial charge in [0, 0.05) is 29.3 Å². The quantitative estimate of drug-likeness (QED) is 0.346. The predicted molar refractivity (Wildman–Crippen MR) is 135 cm³/mol. The topological polar surface area (TPSA) is 71.4 Å². The van der Waals surface area contributed by atoms with Crippen LogP contribution in [0, 0.1) is 11.6 Å². The molecule has 0 bridgehead atoms. The molecule has 36 heavy (non-hydrogen) atoms. The molecule has 3 amide bonds. The van der Waals surface area contributed by atoms with Crippen LogP contribution in [-0.2, 0) is 16.1 Å². The Kier molecular flexibility index (Phi) is 6.39. The largest absolute Gasteiger partial charge is 0.343 e. The molecule has 4 aromatic rings. The number of aromatic nitrogens is 1. The van der Waals surface area contributed by atoms with Gasteiger partial charge in [0.1, 0.15) is 18.2 Å². The van der Waals surface area contributed by atoms with Gasteiger partial charge in [-0.25, -0.2) is 8.78 Å². The van der Waals surface area contributed by atoms with E-state index in [0.29, 0.717) is 12.2 Å². The lowest BCUT2D eigenvalue weighted by atomic mass is 10.1. The molecule has 1 saturated heterocycles. The van der Waals surface area contributed by atoms with E-state index in [2.05, 4.69) is 5.32 Å². The zero-order valence-corrected chi connectivity index (χ0v) is 19.6. The molecule has 0 spiro atoms. The van der Waals surface area contributed by atoms with Crippen molar-refractivity contribution >= 4 is 51.5 Å². The van der Waals surface area contributed by atoms with E-state index in [1.165, 1.54) is 36.4 Å². The summed E-state index contributed by atoms with van der Waals surface area (Å²) in [5.41, 5.74) is 2.88. The molecule has 5 rings (SSSR count). The summed E-state index contributed by atoms with van der Waals surface area (Å²) in [4.78, 5) is 38.6. The number of imide groups is 1. The van der Waals surface area contributed by atoms with Crippen LogP contribution >= 0.6 is 11.8 Å². The lowest BCUT2D eigenvalue weighted by Crippen LogP contribution is -2.36. The second-order valence-electron chi connectivity index (χ2n) is 8.21. The van der Waals surface area contributed by atoms with E-state index >= 15 is 0 Å². The highest BCUT2D eigenvalue weighted by molar-refractivity contribution is 8.18. The maximum atomic E-state index is 13.5. The number of amides is 3. The second-order valence-corrected chi connectivity index (χ2v) is 9.21. The van der Waals surface area contributed by atoms with Gasteiger partial charge in [0.25, 0.3) is 11.1 Å². The van der Waals surface area contributed by atoms with E-state index in [0.717, 1.165) is 38.7 Å². The Hall–Kier alpha value is -4.24. The van der Waals surface area contributed by atoms with E-state index < -0.39 is 29.4 Å². The van der Waals surface area contributed by atoms with Crippen LogP contribution in [0.3, 0.4) is 0 Å². The van der Waals surface area contributed by atoms with Gasteiger partial charge < -0.3 is 9.88 Å². The summed E-state index contributed by atoms with van der Waals surface area (Å²) in [6.07, 6.45) is 3.53. The monoisotopic (exact) mass is 503 g/mol. The Morgan fingerprint density at radius 2 is 1.75 bits per heavy atom. The maximum absolute atomic E-state index is 13.5. The highest BCUT2D eigenvalue weighted by Crippen LogP contribution is 2.32. The van der Waals surface area contributed by atoms with Gasteiger partial charge in [-0.2, -0.15) is 0 Å². The molecule has 0 saturated carbocycles. The molecule has 2 heterocycles. The molecule has 1 aliphatic heterocycles. The Labute approximate surface area is 209 Å².